The molecular weight excluding hydrogens is 334 g/mol. The molecule has 6 heteroatoms. The third-order valence-electron chi connectivity index (χ3n) is 4.15. The summed E-state index contributed by atoms with van der Waals surface area (Å²) in [5.41, 5.74) is 8.81. The summed E-state index contributed by atoms with van der Waals surface area (Å²) in [6.07, 6.45) is 4.39. The Kier molecular flexibility index (Phi) is 5.94. The van der Waals surface area contributed by atoms with Crippen LogP contribution in [-0.2, 0) is 24.1 Å². The summed E-state index contributed by atoms with van der Waals surface area (Å²) < 4.78 is 5.79. The van der Waals surface area contributed by atoms with Crippen LogP contribution in [0.15, 0.2) is 42.6 Å². The largest absolute Gasteiger partial charge is 0.493 e. The Balaban J connectivity index is 1.46. The minimum atomic E-state index is -0.292. The Hall–Kier alpha value is -2.05. The second-order valence-electron chi connectivity index (χ2n) is 6.01. The van der Waals surface area contributed by atoms with E-state index in [9.17, 15) is 4.79 Å². The molecule has 1 amide bonds. The highest BCUT2D eigenvalue weighted by atomic mass is 32.2. The van der Waals surface area contributed by atoms with E-state index in [1.54, 1.807) is 0 Å². The first kappa shape index (κ1) is 17.8. The number of hydrogen-bond acceptors (Lipinski definition) is 5. The third-order valence-corrected chi connectivity index (χ3v) is 5.27. The number of nitrogens with two attached hydrogens (primary N) is 1. The van der Waals surface area contributed by atoms with Gasteiger partial charge in [-0.1, -0.05) is 25.1 Å². The van der Waals surface area contributed by atoms with Crippen LogP contribution in [0.5, 0.6) is 5.75 Å². The number of ether oxygens (including phenoxy) is 1. The van der Waals surface area contributed by atoms with Gasteiger partial charge in [0.25, 0.3) is 0 Å². The van der Waals surface area contributed by atoms with Crippen molar-refractivity contribution in [1.82, 2.24) is 10.3 Å². The molecule has 2 heterocycles. The topological polar surface area (TPSA) is 77.2 Å². The van der Waals surface area contributed by atoms with Crippen molar-refractivity contribution < 1.29 is 9.53 Å². The monoisotopic (exact) mass is 357 g/mol. The lowest BCUT2D eigenvalue weighted by atomic mass is 10.1. The molecule has 1 aromatic carbocycles. The van der Waals surface area contributed by atoms with E-state index >= 15 is 0 Å². The Morgan fingerprint density at radius 3 is 2.56 bits per heavy atom. The molecule has 0 saturated carbocycles. The van der Waals surface area contributed by atoms with Gasteiger partial charge in [0.1, 0.15) is 11.2 Å². The lowest BCUT2D eigenvalue weighted by Gasteiger charge is -2.09. The molecule has 0 spiro atoms. The fourth-order valence-corrected chi connectivity index (χ4v) is 3.69. The lowest BCUT2D eigenvalue weighted by molar-refractivity contribution is -0.120. The summed E-state index contributed by atoms with van der Waals surface area (Å²) in [5, 5.41) is 2.61. The Morgan fingerprint density at radius 2 is 1.96 bits per heavy atom. The van der Waals surface area contributed by atoms with Crippen LogP contribution in [0.25, 0.3) is 0 Å². The summed E-state index contributed by atoms with van der Waals surface area (Å²) in [6.45, 7) is 2.71. The first-order chi connectivity index (χ1) is 12.1. The number of benzene rings is 1. The van der Waals surface area contributed by atoms with Gasteiger partial charge in [0, 0.05) is 18.3 Å². The molecule has 2 aromatic rings. The first-order valence-electron chi connectivity index (χ1n) is 8.51. The number of hydrogen-bond donors (Lipinski definition) is 2. The third kappa shape index (κ3) is 4.96. The minimum Gasteiger partial charge on any atom is -0.493 e. The summed E-state index contributed by atoms with van der Waals surface area (Å²) >= 11 is 1.47. The molecule has 3 N–H and O–H groups in total. The van der Waals surface area contributed by atoms with Crippen molar-refractivity contribution in [1.29, 1.82) is 0 Å². The number of rotatable bonds is 7. The van der Waals surface area contributed by atoms with Gasteiger partial charge in [0.05, 0.1) is 11.9 Å². The molecule has 0 aliphatic carbocycles. The van der Waals surface area contributed by atoms with E-state index in [1.807, 2.05) is 30.5 Å². The maximum atomic E-state index is 11.7. The van der Waals surface area contributed by atoms with Gasteiger partial charge in [-0.3, -0.25) is 9.78 Å². The molecule has 0 bridgehead atoms. The average Bonchev–Trinajstić information content (AvgIpc) is 2.94. The average molecular weight is 357 g/mol. The highest BCUT2D eigenvalue weighted by molar-refractivity contribution is 8.01. The second-order valence-corrected chi connectivity index (χ2v) is 7.36. The number of pyridine rings is 1. The van der Waals surface area contributed by atoms with Gasteiger partial charge in [0.15, 0.2) is 0 Å². The van der Waals surface area contributed by atoms with E-state index in [0.717, 1.165) is 29.8 Å². The summed E-state index contributed by atoms with van der Waals surface area (Å²) in [7, 11) is 0. The molecule has 3 rings (SSSR count). The number of carbonyl (C=O) groups excluding carboxylic acids is 1. The van der Waals surface area contributed by atoms with Gasteiger partial charge < -0.3 is 15.8 Å². The fourth-order valence-electron chi connectivity index (χ4n) is 2.67. The Bertz CT molecular complexity index is 704. The summed E-state index contributed by atoms with van der Waals surface area (Å²) in [5.74, 6) is 0.841. The molecule has 1 aromatic heterocycles. The maximum absolute atomic E-state index is 11.7. The van der Waals surface area contributed by atoms with Gasteiger partial charge in [-0.25, -0.2) is 0 Å². The van der Waals surface area contributed by atoms with Gasteiger partial charge in [-0.05, 0) is 42.2 Å². The van der Waals surface area contributed by atoms with Crippen LogP contribution >= 0.6 is 11.8 Å². The molecule has 2 atom stereocenters. The fraction of sp³-hybridized carbons (Fsp3) is 0.368. The van der Waals surface area contributed by atoms with Crippen molar-refractivity contribution in [2.75, 3.05) is 6.61 Å². The minimum absolute atomic E-state index is 0.0134. The molecule has 0 radical (unpaired) electrons. The van der Waals surface area contributed by atoms with Crippen molar-refractivity contribution >= 4 is 17.7 Å². The number of carbonyl (C=O) groups is 1. The van der Waals surface area contributed by atoms with Crippen molar-refractivity contribution in [3.8, 4) is 5.75 Å². The van der Waals surface area contributed by atoms with Crippen LogP contribution < -0.4 is 15.8 Å². The maximum Gasteiger partial charge on any atom is 0.235 e. The van der Waals surface area contributed by atoms with Crippen molar-refractivity contribution in [3.63, 3.8) is 0 Å². The number of amides is 1. The van der Waals surface area contributed by atoms with Crippen molar-refractivity contribution in [3.05, 3.63) is 59.4 Å². The van der Waals surface area contributed by atoms with E-state index in [-0.39, 0.29) is 16.7 Å². The summed E-state index contributed by atoms with van der Waals surface area (Å²) in [6, 6.07) is 12.1. The smallest absolute Gasteiger partial charge is 0.235 e. The van der Waals surface area contributed by atoms with Crippen molar-refractivity contribution in [2.45, 2.75) is 36.9 Å². The van der Waals surface area contributed by atoms with Crippen LogP contribution in [0, 0.1) is 0 Å². The van der Waals surface area contributed by atoms with Gasteiger partial charge in [0.2, 0.25) is 5.91 Å². The molecule has 1 aliphatic heterocycles. The first-order valence-corrected chi connectivity index (χ1v) is 9.45. The SMILES string of the molecule is CCc1ccc(CCOc2ccc(CC3SC(N)NC3=O)cc2)nc1. The quantitative estimate of drug-likeness (QED) is 0.795. The predicted molar refractivity (Wildman–Crippen MR) is 100 cm³/mol. The van der Waals surface area contributed by atoms with Crippen LogP contribution in [0.4, 0.5) is 0 Å². The highest BCUT2D eigenvalue weighted by Gasteiger charge is 2.30. The normalized spacial score (nSPS) is 19.7. The van der Waals surface area contributed by atoms with E-state index in [4.69, 9.17) is 10.5 Å². The van der Waals surface area contributed by atoms with Crippen LogP contribution in [0.3, 0.4) is 0 Å². The number of nitrogens with zero attached hydrogens (tertiary/aromatic N) is 1. The van der Waals surface area contributed by atoms with Gasteiger partial charge in [-0.2, -0.15) is 0 Å². The van der Waals surface area contributed by atoms with Crippen molar-refractivity contribution in [2.24, 2.45) is 5.73 Å². The molecule has 2 unspecified atom stereocenters. The van der Waals surface area contributed by atoms with E-state index in [2.05, 4.69) is 29.4 Å². The molecular formula is C19H23N3O2S. The number of nitrogens with one attached hydrogen (secondary N) is 1. The molecule has 1 fully saturated rings. The Morgan fingerprint density at radius 1 is 1.20 bits per heavy atom. The molecule has 1 saturated heterocycles. The van der Waals surface area contributed by atoms with Gasteiger partial charge >= 0.3 is 0 Å². The summed E-state index contributed by atoms with van der Waals surface area (Å²) in [4.78, 5) is 16.2. The van der Waals surface area contributed by atoms with Gasteiger partial charge in [-0.15, -0.1) is 11.8 Å². The number of thioether (sulfide) groups is 1. The number of aromatic nitrogens is 1. The molecule has 132 valence electrons. The van der Waals surface area contributed by atoms with Crippen LogP contribution in [-0.4, -0.2) is 28.2 Å². The predicted octanol–water partition coefficient (Wildman–Crippen LogP) is 2.28. The Labute approximate surface area is 152 Å². The number of aryl methyl sites for hydroxylation is 1. The van der Waals surface area contributed by atoms with Crippen LogP contribution in [0.1, 0.15) is 23.7 Å². The molecule has 5 nitrogen and oxygen atoms in total. The zero-order valence-corrected chi connectivity index (χ0v) is 15.1. The van der Waals surface area contributed by atoms with E-state index < -0.39 is 0 Å². The van der Waals surface area contributed by atoms with E-state index in [0.29, 0.717) is 13.0 Å². The van der Waals surface area contributed by atoms with E-state index in [1.165, 1.54) is 17.3 Å². The van der Waals surface area contributed by atoms with Crippen LogP contribution in [0.2, 0.25) is 0 Å². The second kappa shape index (κ2) is 8.36. The zero-order chi connectivity index (χ0) is 17.6. The zero-order valence-electron chi connectivity index (χ0n) is 14.3. The highest BCUT2D eigenvalue weighted by Crippen LogP contribution is 2.24. The molecule has 25 heavy (non-hydrogen) atoms. The standard InChI is InChI=1S/C19H23N3O2S/c1-2-13-3-6-15(21-12-13)9-10-24-16-7-4-14(5-8-16)11-17-18(23)22-19(20)25-17/h3-8,12,17,19H,2,9-11,20H2,1H3,(H,22,23). The lowest BCUT2D eigenvalue weighted by Crippen LogP contribution is -2.33. The molecule has 1 aliphatic rings.